The summed E-state index contributed by atoms with van der Waals surface area (Å²) in [4.78, 5) is 14.0. The van der Waals surface area contributed by atoms with Crippen LogP contribution in [0, 0.1) is 10.1 Å². The van der Waals surface area contributed by atoms with E-state index in [1.165, 1.54) is 12.1 Å². The van der Waals surface area contributed by atoms with Crippen molar-refractivity contribution in [3.8, 4) is 5.75 Å². The molecule has 0 aliphatic carbocycles. The number of nitrogens with zero attached hydrogens (tertiary/aromatic N) is 2. The van der Waals surface area contributed by atoms with E-state index in [1.807, 2.05) is 0 Å². The Kier molecular flexibility index (Phi) is 4.30. The summed E-state index contributed by atoms with van der Waals surface area (Å²) in [7, 11) is 0. The summed E-state index contributed by atoms with van der Waals surface area (Å²) < 4.78 is 5.49. The van der Waals surface area contributed by atoms with Crippen LogP contribution in [0.2, 0.25) is 5.15 Å². The molecular formula is C13H11ClN2O3. The first-order valence-corrected chi connectivity index (χ1v) is 6.01. The highest BCUT2D eigenvalue weighted by Gasteiger charge is 2.05. The van der Waals surface area contributed by atoms with Gasteiger partial charge in [-0.2, -0.15) is 0 Å². The maximum Gasteiger partial charge on any atom is 0.269 e. The van der Waals surface area contributed by atoms with Gasteiger partial charge in [-0.25, -0.2) is 4.98 Å². The standard InChI is InChI=1S/C13H11ClN2O3/c14-13-12(2-1-8-15-13)19-9-7-10-3-5-11(6-4-10)16(17)18/h1-6,8H,7,9H2. The largest absolute Gasteiger partial charge is 0.490 e. The van der Waals surface area contributed by atoms with E-state index >= 15 is 0 Å². The number of aromatic nitrogens is 1. The maximum absolute atomic E-state index is 10.5. The fourth-order valence-electron chi connectivity index (χ4n) is 1.54. The predicted molar refractivity (Wildman–Crippen MR) is 71.5 cm³/mol. The van der Waals surface area contributed by atoms with Gasteiger partial charge in [0.05, 0.1) is 11.5 Å². The van der Waals surface area contributed by atoms with E-state index < -0.39 is 4.92 Å². The summed E-state index contributed by atoms with van der Waals surface area (Å²) >= 11 is 5.85. The first-order valence-electron chi connectivity index (χ1n) is 5.63. The lowest BCUT2D eigenvalue weighted by Gasteiger charge is -2.06. The topological polar surface area (TPSA) is 65.3 Å². The third kappa shape index (κ3) is 3.66. The molecule has 19 heavy (non-hydrogen) atoms. The lowest BCUT2D eigenvalue weighted by atomic mass is 10.1. The van der Waals surface area contributed by atoms with Crippen molar-refractivity contribution >= 4 is 17.3 Å². The molecule has 5 nitrogen and oxygen atoms in total. The fourth-order valence-corrected chi connectivity index (χ4v) is 1.72. The van der Waals surface area contributed by atoms with Crippen LogP contribution in [0.25, 0.3) is 0 Å². The van der Waals surface area contributed by atoms with Crippen LogP contribution in [0.5, 0.6) is 5.75 Å². The number of halogens is 1. The van der Waals surface area contributed by atoms with Crippen molar-refractivity contribution in [2.45, 2.75) is 6.42 Å². The molecular weight excluding hydrogens is 268 g/mol. The summed E-state index contributed by atoms with van der Waals surface area (Å²) in [6, 6.07) is 9.87. The van der Waals surface area contributed by atoms with Crippen LogP contribution in [0.1, 0.15) is 5.56 Å². The monoisotopic (exact) mass is 278 g/mol. The second kappa shape index (κ2) is 6.15. The van der Waals surface area contributed by atoms with Crippen molar-refractivity contribution in [2.75, 3.05) is 6.61 Å². The molecule has 0 atom stereocenters. The summed E-state index contributed by atoms with van der Waals surface area (Å²) in [6.07, 6.45) is 2.23. The van der Waals surface area contributed by atoms with Gasteiger partial charge in [-0.3, -0.25) is 10.1 Å². The Bertz CT molecular complexity index is 572. The molecule has 1 aromatic heterocycles. The van der Waals surface area contributed by atoms with Crippen LogP contribution < -0.4 is 4.74 Å². The van der Waals surface area contributed by atoms with Gasteiger partial charge in [0.1, 0.15) is 0 Å². The molecule has 0 N–H and O–H groups in total. The first-order chi connectivity index (χ1) is 9.16. The van der Waals surface area contributed by atoms with E-state index in [9.17, 15) is 10.1 Å². The smallest absolute Gasteiger partial charge is 0.269 e. The molecule has 2 aromatic rings. The number of nitro groups is 1. The zero-order valence-corrected chi connectivity index (χ0v) is 10.7. The van der Waals surface area contributed by atoms with E-state index in [-0.39, 0.29) is 5.69 Å². The van der Waals surface area contributed by atoms with E-state index in [0.29, 0.717) is 23.9 Å². The Morgan fingerprint density at radius 1 is 1.26 bits per heavy atom. The van der Waals surface area contributed by atoms with Gasteiger partial charge in [-0.1, -0.05) is 23.7 Å². The minimum Gasteiger partial charge on any atom is -0.490 e. The highest BCUT2D eigenvalue weighted by atomic mass is 35.5. The Hall–Kier alpha value is -2.14. The molecule has 98 valence electrons. The Labute approximate surface area is 115 Å². The number of hydrogen-bond donors (Lipinski definition) is 0. The lowest BCUT2D eigenvalue weighted by Crippen LogP contribution is -2.02. The quantitative estimate of drug-likeness (QED) is 0.478. The second-order valence-corrected chi connectivity index (χ2v) is 4.17. The number of rotatable bonds is 5. The molecule has 0 aliphatic heterocycles. The van der Waals surface area contributed by atoms with Crippen LogP contribution in [0.15, 0.2) is 42.6 Å². The van der Waals surface area contributed by atoms with Crippen molar-refractivity contribution in [1.82, 2.24) is 4.98 Å². The molecule has 0 spiro atoms. The zero-order valence-electron chi connectivity index (χ0n) is 9.95. The SMILES string of the molecule is O=[N+]([O-])c1ccc(CCOc2cccnc2Cl)cc1. The molecule has 1 heterocycles. The van der Waals surface area contributed by atoms with Gasteiger partial charge in [0.2, 0.25) is 0 Å². The number of pyridine rings is 1. The van der Waals surface area contributed by atoms with Crippen LogP contribution in [0.4, 0.5) is 5.69 Å². The van der Waals surface area contributed by atoms with E-state index in [2.05, 4.69) is 4.98 Å². The van der Waals surface area contributed by atoms with Crippen molar-refractivity contribution in [1.29, 1.82) is 0 Å². The summed E-state index contributed by atoms with van der Waals surface area (Å²) in [5.74, 6) is 0.533. The normalized spacial score (nSPS) is 10.2. The van der Waals surface area contributed by atoms with E-state index in [1.54, 1.807) is 30.5 Å². The minimum atomic E-state index is -0.421. The number of ether oxygens (including phenoxy) is 1. The summed E-state index contributed by atoms with van der Waals surface area (Å²) in [6.45, 7) is 0.434. The van der Waals surface area contributed by atoms with Gasteiger partial charge in [0.15, 0.2) is 10.9 Å². The van der Waals surface area contributed by atoms with Gasteiger partial charge in [-0.15, -0.1) is 0 Å². The maximum atomic E-state index is 10.5. The fraction of sp³-hybridized carbons (Fsp3) is 0.154. The van der Waals surface area contributed by atoms with Gasteiger partial charge in [0, 0.05) is 24.8 Å². The van der Waals surface area contributed by atoms with E-state index in [0.717, 1.165) is 5.56 Å². The average Bonchev–Trinajstić information content (AvgIpc) is 2.41. The van der Waals surface area contributed by atoms with Crippen LogP contribution in [0.3, 0.4) is 0 Å². The molecule has 0 aliphatic rings. The van der Waals surface area contributed by atoms with Crippen LogP contribution in [-0.4, -0.2) is 16.5 Å². The molecule has 1 aromatic carbocycles. The molecule has 0 saturated carbocycles. The van der Waals surface area contributed by atoms with Crippen LogP contribution in [-0.2, 0) is 6.42 Å². The number of hydrogen-bond acceptors (Lipinski definition) is 4. The van der Waals surface area contributed by atoms with Gasteiger partial charge < -0.3 is 4.74 Å². The Morgan fingerprint density at radius 3 is 2.63 bits per heavy atom. The van der Waals surface area contributed by atoms with Crippen molar-refractivity contribution in [2.24, 2.45) is 0 Å². The summed E-state index contributed by atoms with van der Waals surface area (Å²) in [5, 5.41) is 10.8. The second-order valence-electron chi connectivity index (χ2n) is 3.81. The van der Waals surface area contributed by atoms with Crippen molar-refractivity contribution < 1.29 is 9.66 Å². The average molecular weight is 279 g/mol. The molecule has 0 amide bonds. The van der Waals surface area contributed by atoms with Crippen LogP contribution >= 0.6 is 11.6 Å². The predicted octanol–water partition coefficient (Wildman–Crippen LogP) is 3.26. The molecule has 6 heteroatoms. The van der Waals surface area contributed by atoms with Crippen molar-refractivity contribution in [3.05, 3.63) is 63.4 Å². The molecule has 2 rings (SSSR count). The third-order valence-electron chi connectivity index (χ3n) is 2.52. The summed E-state index contributed by atoms with van der Waals surface area (Å²) in [5.41, 5.74) is 1.05. The van der Waals surface area contributed by atoms with Gasteiger partial charge >= 0.3 is 0 Å². The minimum absolute atomic E-state index is 0.0833. The van der Waals surface area contributed by atoms with E-state index in [4.69, 9.17) is 16.3 Å². The Balaban J connectivity index is 1.89. The highest BCUT2D eigenvalue weighted by Crippen LogP contribution is 2.20. The molecule has 0 radical (unpaired) electrons. The first kappa shape index (κ1) is 13.3. The number of benzene rings is 1. The molecule has 0 fully saturated rings. The van der Waals surface area contributed by atoms with Gasteiger partial charge in [-0.05, 0) is 17.7 Å². The van der Waals surface area contributed by atoms with Crippen molar-refractivity contribution in [3.63, 3.8) is 0 Å². The number of nitro benzene ring substituents is 1. The van der Waals surface area contributed by atoms with Gasteiger partial charge in [0.25, 0.3) is 5.69 Å². The molecule has 0 saturated heterocycles. The number of non-ortho nitro benzene ring substituents is 1. The zero-order chi connectivity index (χ0) is 13.7. The Morgan fingerprint density at radius 2 is 2.00 bits per heavy atom. The third-order valence-corrected chi connectivity index (χ3v) is 2.80. The highest BCUT2D eigenvalue weighted by molar-refractivity contribution is 6.30. The molecule has 0 bridgehead atoms. The molecule has 0 unspecified atom stereocenters. The lowest BCUT2D eigenvalue weighted by molar-refractivity contribution is -0.384.